The molecule has 3 rings (SSSR count). The van der Waals surface area contributed by atoms with E-state index in [4.69, 9.17) is 4.74 Å². The van der Waals surface area contributed by atoms with Gasteiger partial charge in [0.05, 0.1) is 18.0 Å². The molecule has 8 nitrogen and oxygen atoms in total. The molecule has 1 N–H and O–H groups in total. The maximum Gasteiger partial charge on any atom is 0.247 e. The summed E-state index contributed by atoms with van der Waals surface area (Å²) in [5.74, 6) is -0.228. The summed E-state index contributed by atoms with van der Waals surface area (Å²) < 4.78 is 62.2. The molecular weight excluding hydrogens is 532 g/mol. The van der Waals surface area contributed by atoms with Crippen molar-refractivity contribution in [1.29, 1.82) is 0 Å². The van der Waals surface area contributed by atoms with Crippen LogP contribution < -0.4 is 4.74 Å². The van der Waals surface area contributed by atoms with Gasteiger partial charge in [0.2, 0.25) is 20.0 Å². The van der Waals surface area contributed by atoms with Crippen LogP contribution in [0.4, 0.5) is 0 Å². The molecule has 0 unspecified atom stereocenters. The van der Waals surface area contributed by atoms with Gasteiger partial charge in [0.1, 0.15) is 16.7 Å². The van der Waals surface area contributed by atoms with Crippen LogP contribution in [-0.4, -0.2) is 69.4 Å². The summed E-state index contributed by atoms with van der Waals surface area (Å²) in [5.41, 5.74) is 0.954. The van der Waals surface area contributed by atoms with E-state index in [-0.39, 0.29) is 41.2 Å². The predicted octanol–water partition coefficient (Wildman–Crippen LogP) is 2.85. The molecule has 0 spiro atoms. The van der Waals surface area contributed by atoms with Gasteiger partial charge >= 0.3 is 0 Å². The molecular formula is C22H29BrN2O6S2. The molecule has 1 aliphatic rings. The lowest BCUT2D eigenvalue weighted by molar-refractivity contribution is 0.0904. The van der Waals surface area contributed by atoms with E-state index in [1.54, 1.807) is 43.3 Å². The van der Waals surface area contributed by atoms with Crippen molar-refractivity contribution in [3.63, 3.8) is 0 Å². The first-order valence-corrected chi connectivity index (χ1v) is 14.2. The zero-order valence-electron chi connectivity index (χ0n) is 19.0. The fourth-order valence-corrected chi connectivity index (χ4v) is 7.01. The van der Waals surface area contributed by atoms with Gasteiger partial charge in [-0.3, -0.25) is 0 Å². The van der Waals surface area contributed by atoms with E-state index < -0.39 is 32.2 Å². The number of halogens is 1. The quantitative estimate of drug-likeness (QED) is 0.582. The number of hydrogen-bond donors (Lipinski definition) is 1. The summed E-state index contributed by atoms with van der Waals surface area (Å²) in [7, 11) is -6.22. The fraction of sp³-hybridized carbons (Fsp3) is 0.455. The molecule has 0 aliphatic carbocycles. The first-order valence-electron chi connectivity index (χ1n) is 10.5. The summed E-state index contributed by atoms with van der Waals surface area (Å²) >= 11 is 3.35. The minimum absolute atomic E-state index is 0.0186. The zero-order chi connectivity index (χ0) is 24.6. The van der Waals surface area contributed by atoms with Gasteiger partial charge in [-0.2, -0.15) is 8.61 Å². The number of hydrogen-bond acceptors (Lipinski definition) is 6. The number of likely N-dealkylation sites (N-methyl/N-ethyl adjacent to an activating group) is 1. The fourth-order valence-electron chi connectivity index (χ4n) is 3.66. The molecule has 0 bridgehead atoms. The molecule has 182 valence electrons. The number of aliphatic hydroxyl groups is 1. The van der Waals surface area contributed by atoms with Crippen molar-refractivity contribution in [2.75, 3.05) is 26.7 Å². The van der Waals surface area contributed by atoms with E-state index in [1.165, 1.54) is 21.7 Å². The topological polar surface area (TPSA) is 104 Å². The minimum Gasteiger partial charge on any atom is -0.487 e. The average molecular weight is 562 g/mol. The molecule has 0 radical (unpaired) electrons. The minimum atomic E-state index is -3.94. The summed E-state index contributed by atoms with van der Waals surface area (Å²) in [6, 6.07) is 10.6. The molecule has 11 heteroatoms. The first kappa shape index (κ1) is 26.1. The summed E-state index contributed by atoms with van der Waals surface area (Å²) in [6.45, 7) is 5.08. The Hall–Kier alpha value is -1.50. The number of ether oxygens (including phenoxy) is 1. The van der Waals surface area contributed by atoms with Crippen LogP contribution in [0.25, 0.3) is 0 Å². The molecule has 0 saturated heterocycles. The highest BCUT2D eigenvalue weighted by Gasteiger charge is 2.39. The molecule has 3 atom stereocenters. The molecule has 1 heterocycles. The lowest BCUT2D eigenvalue weighted by Crippen LogP contribution is -2.50. The molecule has 2 aromatic carbocycles. The van der Waals surface area contributed by atoms with Crippen molar-refractivity contribution in [3.8, 4) is 5.75 Å². The van der Waals surface area contributed by atoms with Crippen LogP contribution in [0.15, 0.2) is 56.7 Å². The van der Waals surface area contributed by atoms with Crippen molar-refractivity contribution in [2.24, 2.45) is 5.92 Å². The van der Waals surface area contributed by atoms with E-state index in [2.05, 4.69) is 15.9 Å². The highest BCUT2D eigenvalue weighted by molar-refractivity contribution is 9.10. The highest BCUT2D eigenvalue weighted by atomic mass is 79.9. The van der Waals surface area contributed by atoms with Crippen LogP contribution in [0.3, 0.4) is 0 Å². The number of aliphatic hydroxyl groups excluding tert-OH is 1. The molecule has 0 fully saturated rings. The Labute approximate surface area is 204 Å². The Morgan fingerprint density at radius 2 is 1.88 bits per heavy atom. The van der Waals surface area contributed by atoms with Gasteiger partial charge in [0.15, 0.2) is 0 Å². The number of rotatable bonds is 6. The zero-order valence-corrected chi connectivity index (χ0v) is 22.2. The number of sulfonamides is 2. The summed E-state index contributed by atoms with van der Waals surface area (Å²) in [5, 5.41) is 9.69. The Morgan fingerprint density at radius 1 is 1.24 bits per heavy atom. The standard InChI is InChI=1S/C22H29BrN2O6S2/c1-15-5-8-19(9-6-15)32(27,28)24(4)13-21-16(2)12-25(17(3)14-26)33(29,30)22-10-7-18(23)11-20(22)31-21/h5-11,16-17,21,26H,12-14H2,1-4H3/t16-,17+,21+/m1/s1. The van der Waals surface area contributed by atoms with E-state index in [0.717, 1.165) is 5.56 Å². The van der Waals surface area contributed by atoms with E-state index >= 15 is 0 Å². The van der Waals surface area contributed by atoms with Gasteiger partial charge in [0, 0.05) is 30.0 Å². The van der Waals surface area contributed by atoms with Gasteiger partial charge in [-0.1, -0.05) is 40.5 Å². The number of aryl methyl sites for hydroxylation is 1. The molecule has 0 amide bonds. The van der Waals surface area contributed by atoms with Crippen LogP contribution in [0.5, 0.6) is 5.75 Å². The number of nitrogens with zero attached hydrogens (tertiary/aromatic N) is 2. The van der Waals surface area contributed by atoms with Gasteiger partial charge < -0.3 is 9.84 Å². The van der Waals surface area contributed by atoms with Crippen LogP contribution >= 0.6 is 15.9 Å². The van der Waals surface area contributed by atoms with Crippen molar-refractivity contribution >= 4 is 36.0 Å². The van der Waals surface area contributed by atoms with Gasteiger partial charge in [-0.25, -0.2) is 16.8 Å². The normalized spacial score (nSPS) is 22.2. The molecule has 1 aliphatic heterocycles. The largest absolute Gasteiger partial charge is 0.487 e. The average Bonchev–Trinajstić information content (AvgIpc) is 2.75. The second-order valence-corrected chi connectivity index (χ2v) is 13.2. The Kier molecular flexibility index (Phi) is 7.92. The summed E-state index contributed by atoms with van der Waals surface area (Å²) in [4.78, 5) is 0.155. The van der Waals surface area contributed by atoms with Crippen molar-refractivity contribution in [1.82, 2.24) is 8.61 Å². The van der Waals surface area contributed by atoms with Gasteiger partial charge in [-0.15, -0.1) is 0 Å². The van der Waals surface area contributed by atoms with E-state index in [9.17, 15) is 21.9 Å². The van der Waals surface area contributed by atoms with Crippen LogP contribution in [0.2, 0.25) is 0 Å². The molecule has 33 heavy (non-hydrogen) atoms. The maximum atomic E-state index is 13.3. The first-order chi connectivity index (χ1) is 15.4. The Balaban J connectivity index is 2.00. The molecule has 0 saturated carbocycles. The third-order valence-electron chi connectivity index (χ3n) is 5.80. The second-order valence-electron chi connectivity index (χ2n) is 8.43. The predicted molar refractivity (Wildman–Crippen MR) is 129 cm³/mol. The second kappa shape index (κ2) is 10.0. The Bertz CT molecular complexity index is 1200. The van der Waals surface area contributed by atoms with Crippen molar-refractivity contribution < 1.29 is 26.7 Å². The highest BCUT2D eigenvalue weighted by Crippen LogP contribution is 2.35. The lowest BCUT2D eigenvalue weighted by Gasteiger charge is -2.37. The number of benzene rings is 2. The van der Waals surface area contributed by atoms with Gasteiger partial charge in [0.25, 0.3) is 0 Å². The van der Waals surface area contributed by atoms with Crippen molar-refractivity contribution in [3.05, 3.63) is 52.5 Å². The summed E-state index contributed by atoms with van der Waals surface area (Å²) in [6.07, 6.45) is -0.632. The smallest absolute Gasteiger partial charge is 0.247 e. The third kappa shape index (κ3) is 5.44. The third-order valence-corrected chi connectivity index (χ3v) is 10.1. The molecule has 2 aromatic rings. The monoisotopic (exact) mass is 560 g/mol. The number of fused-ring (bicyclic) bond motifs is 1. The lowest BCUT2D eigenvalue weighted by atomic mass is 10.0. The van der Waals surface area contributed by atoms with E-state index in [1.807, 2.05) is 13.8 Å². The SMILES string of the molecule is Cc1ccc(S(=O)(=O)N(C)C[C@@H]2Oc3cc(Br)ccc3S(=O)(=O)N([C@@H](C)CO)C[C@H]2C)cc1. The van der Waals surface area contributed by atoms with Crippen molar-refractivity contribution in [2.45, 2.75) is 42.7 Å². The van der Waals surface area contributed by atoms with Gasteiger partial charge in [-0.05, 0) is 44.2 Å². The Morgan fingerprint density at radius 3 is 2.48 bits per heavy atom. The van der Waals surface area contributed by atoms with Crippen LogP contribution in [0.1, 0.15) is 19.4 Å². The van der Waals surface area contributed by atoms with E-state index in [0.29, 0.717) is 4.47 Å². The van der Waals surface area contributed by atoms with Crippen LogP contribution in [0, 0.1) is 12.8 Å². The molecule has 0 aromatic heterocycles. The maximum absolute atomic E-state index is 13.3. The van der Waals surface area contributed by atoms with Crippen LogP contribution in [-0.2, 0) is 20.0 Å².